The Morgan fingerprint density at radius 3 is 2.64 bits per heavy atom. The van der Waals surface area contributed by atoms with Gasteiger partial charge in [-0.05, 0) is 44.0 Å². The van der Waals surface area contributed by atoms with E-state index in [9.17, 15) is 9.59 Å². The first-order chi connectivity index (χ1) is 11.7. The summed E-state index contributed by atoms with van der Waals surface area (Å²) >= 11 is 0. The smallest absolute Gasteiger partial charge is 0.407 e. The van der Waals surface area contributed by atoms with E-state index in [-0.39, 0.29) is 12.5 Å². The second-order valence-corrected chi connectivity index (χ2v) is 6.79. The Morgan fingerprint density at radius 1 is 1.32 bits per heavy atom. The predicted molar refractivity (Wildman–Crippen MR) is 95.2 cm³/mol. The highest BCUT2D eigenvalue weighted by molar-refractivity contribution is 5.90. The molecular formula is C18H25N3O4. The molecule has 0 saturated carbocycles. The van der Waals surface area contributed by atoms with Crippen LogP contribution in [-0.4, -0.2) is 36.3 Å². The summed E-state index contributed by atoms with van der Waals surface area (Å²) in [4.78, 5) is 26.8. The molecule has 4 N–H and O–H groups in total. The van der Waals surface area contributed by atoms with E-state index in [1.54, 1.807) is 6.20 Å². The minimum Gasteiger partial charge on any atom is -0.469 e. The highest BCUT2D eigenvalue weighted by atomic mass is 16.6. The van der Waals surface area contributed by atoms with Crippen molar-refractivity contribution in [3.63, 3.8) is 0 Å². The Kier molecular flexibility index (Phi) is 5.69. The Hall–Kier alpha value is -2.54. The SMILES string of the molecule is COC(=O)C(CN)c1c[nH]c2ccc(CNC(=O)OC(C)(C)C)cc12. The van der Waals surface area contributed by atoms with Gasteiger partial charge in [-0.2, -0.15) is 0 Å². The molecule has 0 bridgehead atoms. The number of hydrogen-bond donors (Lipinski definition) is 3. The van der Waals surface area contributed by atoms with E-state index in [2.05, 4.69) is 10.3 Å². The van der Waals surface area contributed by atoms with Crippen LogP contribution in [0, 0.1) is 0 Å². The average Bonchev–Trinajstić information content (AvgIpc) is 2.95. The van der Waals surface area contributed by atoms with Gasteiger partial charge < -0.3 is 25.5 Å². The number of hydrogen-bond acceptors (Lipinski definition) is 5. The number of nitrogens with two attached hydrogens (primary N) is 1. The molecule has 2 aromatic rings. The van der Waals surface area contributed by atoms with Gasteiger partial charge >= 0.3 is 12.1 Å². The number of alkyl carbamates (subject to hydrolysis) is 1. The van der Waals surface area contributed by atoms with Gasteiger partial charge in [0, 0.05) is 30.2 Å². The lowest BCUT2D eigenvalue weighted by atomic mass is 9.98. The van der Waals surface area contributed by atoms with Crippen molar-refractivity contribution in [1.29, 1.82) is 0 Å². The quantitative estimate of drug-likeness (QED) is 0.720. The predicted octanol–water partition coefficient (Wildman–Crippen LogP) is 2.41. The number of amides is 1. The molecule has 1 atom stereocenters. The third kappa shape index (κ3) is 4.73. The first kappa shape index (κ1) is 18.8. The van der Waals surface area contributed by atoms with Gasteiger partial charge in [-0.25, -0.2) is 4.79 Å². The van der Waals surface area contributed by atoms with Crippen LogP contribution in [0.25, 0.3) is 10.9 Å². The van der Waals surface area contributed by atoms with Crippen LogP contribution >= 0.6 is 0 Å². The summed E-state index contributed by atoms with van der Waals surface area (Å²) in [5.41, 5.74) is 7.75. The van der Waals surface area contributed by atoms with Crippen LogP contribution in [0.15, 0.2) is 24.4 Å². The summed E-state index contributed by atoms with van der Waals surface area (Å²) in [6.07, 6.45) is 1.29. The summed E-state index contributed by atoms with van der Waals surface area (Å²) in [7, 11) is 1.34. The van der Waals surface area contributed by atoms with Gasteiger partial charge in [0.05, 0.1) is 13.0 Å². The molecule has 0 fully saturated rings. The van der Waals surface area contributed by atoms with E-state index in [1.165, 1.54) is 7.11 Å². The molecule has 2 rings (SSSR count). The molecule has 25 heavy (non-hydrogen) atoms. The summed E-state index contributed by atoms with van der Waals surface area (Å²) in [6, 6.07) is 5.72. The maximum Gasteiger partial charge on any atom is 0.407 e. The summed E-state index contributed by atoms with van der Waals surface area (Å²) in [5, 5.41) is 3.60. The molecule has 7 nitrogen and oxygen atoms in total. The molecule has 0 aliphatic carbocycles. The number of ether oxygens (including phenoxy) is 2. The fourth-order valence-electron chi connectivity index (χ4n) is 2.57. The second kappa shape index (κ2) is 7.57. The molecule has 1 amide bonds. The van der Waals surface area contributed by atoms with Crippen LogP contribution in [0.4, 0.5) is 4.79 Å². The Morgan fingerprint density at radius 2 is 2.04 bits per heavy atom. The van der Waals surface area contributed by atoms with Gasteiger partial charge in [0.15, 0.2) is 0 Å². The number of H-pyrrole nitrogens is 1. The number of rotatable bonds is 5. The van der Waals surface area contributed by atoms with Crippen LogP contribution < -0.4 is 11.1 Å². The normalized spacial score (nSPS) is 12.7. The standard InChI is InChI=1S/C18H25N3O4/c1-18(2,3)25-17(23)21-9-11-5-6-15-12(7-11)14(10-20-15)13(8-19)16(22)24-4/h5-7,10,13,20H,8-9,19H2,1-4H3,(H,21,23). The van der Waals surface area contributed by atoms with Crippen molar-refractivity contribution < 1.29 is 19.1 Å². The van der Waals surface area contributed by atoms with Gasteiger partial charge in [-0.3, -0.25) is 4.79 Å². The number of fused-ring (bicyclic) bond motifs is 1. The van der Waals surface area contributed by atoms with Gasteiger partial charge in [0.2, 0.25) is 0 Å². The Bertz CT molecular complexity index is 761. The summed E-state index contributed by atoms with van der Waals surface area (Å²) in [5.74, 6) is -0.909. The molecule has 0 spiro atoms. The Labute approximate surface area is 146 Å². The highest BCUT2D eigenvalue weighted by Crippen LogP contribution is 2.27. The number of carbonyl (C=O) groups excluding carboxylic acids is 2. The van der Waals surface area contributed by atoms with Crippen molar-refractivity contribution in [2.45, 2.75) is 38.8 Å². The van der Waals surface area contributed by atoms with E-state index in [4.69, 9.17) is 15.2 Å². The first-order valence-corrected chi connectivity index (χ1v) is 8.10. The van der Waals surface area contributed by atoms with E-state index in [0.29, 0.717) is 6.54 Å². The third-order valence-electron chi connectivity index (χ3n) is 3.71. The molecule has 136 valence electrons. The highest BCUT2D eigenvalue weighted by Gasteiger charge is 2.23. The van der Waals surface area contributed by atoms with Crippen molar-refractivity contribution in [3.05, 3.63) is 35.5 Å². The molecule has 7 heteroatoms. The van der Waals surface area contributed by atoms with Crippen molar-refractivity contribution >= 4 is 23.0 Å². The number of aromatic nitrogens is 1. The zero-order valence-electron chi connectivity index (χ0n) is 15.0. The van der Waals surface area contributed by atoms with Crippen molar-refractivity contribution in [3.8, 4) is 0 Å². The van der Waals surface area contributed by atoms with Crippen LogP contribution in [0.2, 0.25) is 0 Å². The topological polar surface area (TPSA) is 106 Å². The number of carbonyl (C=O) groups is 2. The lowest BCUT2D eigenvalue weighted by molar-refractivity contribution is -0.142. The van der Waals surface area contributed by atoms with Crippen molar-refractivity contribution in [1.82, 2.24) is 10.3 Å². The van der Waals surface area contributed by atoms with Crippen molar-refractivity contribution in [2.24, 2.45) is 5.73 Å². The van der Waals surface area contributed by atoms with E-state index in [1.807, 2.05) is 39.0 Å². The lowest BCUT2D eigenvalue weighted by Gasteiger charge is -2.19. The van der Waals surface area contributed by atoms with E-state index >= 15 is 0 Å². The number of aromatic amines is 1. The van der Waals surface area contributed by atoms with E-state index in [0.717, 1.165) is 22.0 Å². The molecule has 0 aliphatic rings. The monoisotopic (exact) mass is 347 g/mol. The zero-order valence-corrected chi connectivity index (χ0v) is 15.0. The Balaban J connectivity index is 2.19. The fourth-order valence-corrected chi connectivity index (χ4v) is 2.57. The molecule has 0 radical (unpaired) electrons. The van der Waals surface area contributed by atoms with Crippen LogP contribution in [-0.2, 0) is 20.8 Å². The van der Waals surface area contributed by atoms with Gasteiger partial charge in [-0.15, -0.1) is 0 Å². The molecule has 1 aromatic carbocycles. The maximum atomic E-state index is 11.9. The zero-order chi connectivity index (χ0) is 18.6. The van der Waals surface area contributed by atoms with Gasteiger partial charge in [-0.1, -0.05) is 6.07 Å². The molecule has 0 saturated heterocycles. The maximum absolute atomic E-state index is 11.9. The van der Waals surface area contributed by atoms with E-state index < -0.39 is 17.6 Å². The molecule has 1 aromatic heterocycles. The number of nitrogens with one attached hydrogen (secondary N) is 2. The van der Waals surface area contributed by atoms with Crippen LogP contribution in [0.5, 0.6) is 0 Å². The summed E-state index contributed by atoms with van der Waals surface area (Å²) < 4.78 is 10.0. The minimum absolute atomic E-state index is 0.153. The third-order valence-corrected chi connectivity index (χ3v) is 3.71. The summed E-state index contributed by atoms with van der Waals surface area (Å²) in [6.45, 7) is 5.90. The molecular weight excluding hydrogens is 322 g/mol. The number of esters is 1. The second-order valence-electron chi connectivity index (χ2n) is 6.79. The molecule has 1 unspecified atom stereocenters. The van der Waals surface area contributed by atoms with Crippen molar-refractivity contribution in [2.75, 3.05) is 13.7 Å². The molecule has 0 aliphatic heterocycles. The number of benzene rings is 1. The number of methoxy groups -OCH3 is 1. The average molecular weight is 347 g/mol. The first-order valence-electron chi connectivity index (χ1n) is 8.10. The van der Waals surface area contributed by atoms with Crippen LogP contribution in [0.3, 0.4) is 0 Å². The fraction of sp³-hybridized carbons (Fsp3) is 0.444. The van der Waals surface area contributed by atoms with Gasteiger partial charge in [0.25, 0.3) is 0 Å². The van der Waals surface area contributed by atoms with Gasteiger partial charge in [0.1, 0.15) is 5.60 Å². The largest absolute Gasteiger partial charge is 0.469 e. The minimum atomic E-state index is -0.545. The van der Waals surface area contributed by atoms with Crippen LogP contribution in [0.1, 0.15) is 37.8 Å². The molecule has 1 heterocycles. The lowest BCUT2D eigenvalue weighted by Crippen LogP contribution is -2.32.